The maximum absolute atomic E-state index is 11.8. The summed E-state index contributed by atoms with van der Waals surface area (Å²) >= 11 is 0. The van der Waals surface area contributed by atoms with Gasteiger partial charge in [-0.1, -0.05) is 58.3 Å². The summed E-state index contributed by atoms with van der Waals surface area (Å²) in [6.07, 6.45) is 18.2. The normalized spacial score (nSPS) is 14.7. The zero-order valence-electron chi connectivity index (χ0n) is 23.3. The largest absolute Gasteiger partial charge is 0.507 e. The summed E-state index contributed by atoms with van der Waals surface area (Å²) in [4.78, 5) is 11.3. The molecule has 2 heterocycles. The third kappa shape index (κ3) is 11.1. The number of carbonyl (C=O) groups is 1. The monoisotopic (exact) mass is 564 g/mol. The van der Waals surface area contributed by atoms with Crippen molar-refractivity contribution in [2.75, 3.05) is 26.4 Å². The van der Waals surface area contributed by atoms with Crippen LogP contribution in [0.4, 0.5) is 0 Å². The SMILES string of the molecule is CCCOc1ccc(O)c(C(=O)O)c1.CCOCCCCCCCCCCCCOC1=C2C=CC(=C1)S2(=O)=O. The molecule has 0 unspecified atom stereocenters. The minimum absolute atomic E-state index is 0.140. The van der Waals surface area contributed by atoms with E-state index in [9.17, 15) is 18.3 Å². The number of ether oxygens (including phenoxy) is 3. The van der Waals surface area contributed by atoms with E-state index < -0.39 is 15.8 Å². The highest BCUT2D eigenvalue weighted by Gasteiger charge is 2.35. The summed E-state index contributed by atoms with van der Waals surface area (Å²) in [6, 6.07) is 4.17. The van der Waals surface area contributed by atoms with E-state index in [2.05, 4.69) is 0 Å². The van der Waals surface area contributed by atoms with Crippen LogP contribution < -0.4 is 4.74 Å². The summed E-state index contributed by atoms with van der Waals surface area (Å²) in [6.45, 7) is 6.88. The number of phenols is 1. The van der Waals surface area contributed by atoms with Gasteiger partial charge in [-0.2, -0.15) is 0 Å². The zero-order chi connectivity index (χ0) is 28.5. The number of fused-ring (bicyclic) bond motifs is 2. The number of unbranched alkanes of at least 4 members (excludes halogenated alkanes) is 9. The first kappa shape index (κ1) is 32.4. The van der Waals surface area contributed by atoms with Crippen molar-refractivity contribution in [2.24, 2.45) is 0 Å². The number of aromatic hydroxyl groups is 1. The van der Waals surface area contributed by atoms with Gasteiger partial charge < -0.3 is 24.4 Å². The molecule has 9 heteroatoms. The van der Waals surface area contributed by atoms with E-state index in [1.807, 2.05) is 13.8 Å². The molecule has 3 rings (SSSR count). The Hall–Kier alpha value is -2.78. The van der Waals surface area contributed by atoms with Crippen LogP contribution in [0.25, 0.3) is 0 Å². The third-order valence-electron chi connectivity index (χ3n) is 6.33. The number of carboxylic acids is 1. The summed E-state index contributed by atoms with van der Waals surface area (Å²) in [5.41, 5.74) is -0.140. The first-order chi connectivity index (χ1) is 18.8. The van der Waals surface area contributed by atoms with Crippen molar-refractivity contribution in [1.29, 1.82) is 0 Å². The minimum atomic E-state index is -3.21. The first-order valence-corrected chi connectivity index (χ1v) is 15.6. The van der Waals surface area contributed by atoms with Gasteiger partial charge in [0.25, 0.3) is 0 Å². The van der Waals surface area contributed by atoms with E-state index in [0.29, 0.717) is 34.5 Å². The average Bonchev–Trinajstić information content (AvgIpc) is 3.34. The molecular weight excluding hydrogens is 520 g/mol. The Morgan fingerprint density at radius 1 is 0.821 bits per heavy atom. The molecule has 0 spiro atoms. The van der Waals surface area contributed by atoms with Gasteiger partial charge in [-0.05, 0) is 56.5 Å². The fraction of sp³-hybridized carbons (Fsp3) is 0.567. The van der Waals surface area contributed by atoms with Gasteiger partial charge in [0.15, 0.2) is 0 Å². The second kappa shape index (κ2) is 17.7. The van der Waals surface area contributed by atoms with E-state index in [1.165, 1.54) is 69.6 Å². The zero-order valence-corrected chi connectivity index (χ0v) is 24.1. The van der Waals surface area contributed by atoms with Crippen molar-refractivity contribution in [3.05, 3.63) is 57.6 Å². The number of hydrogen-bond donors (Lipinski definition) is 2. The molecule has 0 amide bonds. The van der Waals surface area contributed by atoms with E-state index >= 15 is 0 Å². The Kier molecular flexibility index (Phi) is 14.8. The highest BCUT2D eigenvalue weighted by Crippen LogP contribution is 2.37. The fourth-order valence-corrected chi connectivity index (χ4v) is 5.55. The van der Waals surface area contributed by atoms with Crippen LogP contribution in [0.1, 0.15) is 94.8 Å². The molecule has 1 aromatic carbocycles. The Morgan fingerprint density at radius 3 is 1.95 bits per heavy atom. The Bertz CT molecular complexity index is 1100. The predicted octanol–water partition coefficient (Wildman–Crippen LogP) is 6.91. The number of aromatic carboxylic acids is 1. The van der Waals surface area contributed by atoms with Crippen LogP contribution in [0.2, 0.25) is 0 Å². The van der Waals surface area contributed by atoms with Crippen LogP contribution in [-0.4, -0.2) is 51.0 Å². The number of rotatable bonds is 19. The molecule has 0 saturated heterocycles. The first-order valence-electron chi connectivity index (χ1n) is 14.1. The number of carboxylic acid groups (broad SMARTS) is 1. The third-order valence-corrected chi connectivity index (χ3v) is 8.12. The maximum atomic E-state index is 11.8. The second-order valence-electron chi connectivity index (χ2n) is 9.53. The topological polar surface area (TPSA) is 119 Å². The molecule has 0 fully saturated rings. The van der Waals surface area contributed by atoms with Crippen LogP contribution in [0.5, 0.6) is 11.5 Å². The molecule has 0 saturated carbocycles. The van der Waals surface area contributed by atoms with Gasteiger partial charge in [-0.25, -0.2) is 13.2 Å². The molecule has 1 aromatic rings. The van der Waals surface area contributed by atoms with E-state index in [1.54, 1.807) is 18.2 Å². The van der Waals surface area contributed by atoms with Crippen molar-refractivity contribution in [1.82, 2.24) is 0 Å². The Labute approximate surface area is 233 Å². The number of benzene rings is 1. The van der Waals surface area contributed by atoms with Gasteiger partial charge in [0.1, 0.15) is 27.7 Å². The summed E-state index contributed by atoms with van der Waals surface area (Å²) < 4.78 is 39.9. The van der Waals surface area contributed by atoms with Gasteiger partial charge in [-0.15, -0.1) is 0 Å². The highest BCUT2D eigenvalue weighted by atomic mass is 32.2. The highest BCUT2D eigenvalue weighted by molar-refractivity contribution is 8.00. The summed E-state index contributed by atoms with van der Waals surface area (Å²) in [5.74, 6) is -0.422. The maximum Gasteiger partial charge on any atom is 0.339 e. The van der Waals surface area contributed by atoms with Crippen molar-refractivity contribution in [3.8, 4) is 11.5 Å². The van der Waals surface area contributed by atoms with Crippen LogP contribution in [-0.2, 0) is 19.3 Å². The molecule has 0 atom stereocenters. The van der Waals surface area contributed by atoms with Crippen molar-refractivity contribution < 1.29 is 37.6 Å². The van der Waals surface area contributed by atoms with Crippen molar-refractivity contribution >= 4 is 15.8 Å². The quantitative estimate of drug-likeness (QED) is 0.174. The molecule has 218 valence electrons. The molecule has 0 aliphatic carbocycles. The lowest BCUT2D eigenvalue weighted by atomic mass is 10.1. The van der Waals surface area contributed by atoms with E-state index in [4.69, 9.17) is 19.3 Å². The lowest BCUT2D eigenvalue weighted by molar-refractivity contribution is 0.0693. The number of sulfone groups is 1. The standard InChI is InChI=1S/C20H32O4S.C10H12O4/c1-2-23-15-11-9-7-5-3-4-6-8-10-12-16-24-19-17-18-13-14-20(19)25(18,21)22;1-2-5-14-7-3-4-9(11)8(6-7)10(12)13/h13-14,17H,2-12,15-16H2,1H3;3-4,6,11H,2,5H2,1H3,(H,12,13). The molecule has 2 aliphatic rings. The van der Waals surface area contributed by atoms with Crippen LogP contribution >= 0.6 is 0 Å². The van der Waals surface area contributed by atoms with Crippen LogP contribution in [0.15, 0.2) is 52.0 Å². The van der Waals surface area contributed by atoms with Crippen molar-refractivity contribution in [3.63, 3.8) is 0 Å². The summed E-state index contributed by atoms with van der Waals surface area (Å²) in [7, 11) is -3.21. The average molecular weight is 565 g/mol. The molecule has 2 aliphatic heterocycles. The van der Waals surface area contributed by atoms with Gasteiger partial charge in [0, 0.05) is 19.3 Å². The minimum Gasteiger partial charge on any atom is -0.507 e. The predicted molar refractivity (Wildman–Crippen MR) is 153 cm³/mol. The summed E-state index contributed by atoms with van der Waals surface area (Å²) in [5, 5.41) is 17.9. The molecule has 2 bridgehead atoms. The molecule has 8 nitrogen and oxygen atoms in total. The van der Waals surface area contributed by atoms with Crippen molar-refractivity contribution in [2.45, 2.75) is 84.5 Å². The Morgan fingerprint density at radius 2 is 1.44 bits per heavy atom. The molecule has 39 heavy (non-hydrogen) atoms. The second-order valence-corrected chi connectivity index (χ2v) is 11.4. The molecule has 0 aromatic heterocycles. The fourth-order valence-electron chi connectivity index (χ4n) is 4.16. The van der Waals surface area contributed by atoms with Gasteiger partial charge in [0.05, 0.1) is 18.1 Å². The lowest BCUT2D eigenvalue weighted by Crippen LogP contribution is -1.99. The van der Waals surface area contributed by atoms with Gasteiger partial charge in [-0.3, -0.25) is 0 Å². The Balaban J connectivity index is 0.000000322. The van der Waals surface area contributed by atoms with Crippen LogP contribution in [0.3, 0.4) is 0 Å². The lowest BCUT2D eigenvalue weighted by Gasteiger charge is -2.07. The van der Waals surface area contributed by atoms with E-state index in [0.717, 1.165) is 32.5 Å². The smallest absolute Gasteiger partial charge is 0.339 e. The van der Waals surface area contributed by atoms with Gasteiger partial charge in [0.2, 0.25) is 9.84 Å². The molecular formula is C30H44O8S. The van der Waals surface area contributed by atoms with Crippen LogP contribution in [0, 0.1) is 0 Å². The van der Waals surface area contributed by atoms with E-state index in [-0.39, 0.29) is 11.3 Å². The number of allylic oxidation sites excluding steroid dienone is 3. The molecule has 0 radical (unpaired) electrons. The van der Waals surface area contributed by atoms with Gasteiger partial charge >= 0.3 is 5.97 Å². The molecule has 2 N–H and O–H groups in total. The number of hydrogen-bond acceptors (Lipinski definition) is 7.